The number of hydrogen-bond donors (Lipinski definition) is 1. The number of halogens is 4. The molecule has 0 amide bonds. The molecule has 9 unspecified atom stereocenters. The largest absolute Gasteiger partial charge is 0.462 e. The second-order valence-electron chi connectivity index (χ2n) is 17.2. The van der Waals surface area contributed by atoms with Gasteiger partial charge in [-0.25, -0.2) is 4.39 Å². The first-order valence-electron chi connectivity index (χ1n) is 18.3. The highest BCUT2D eigenvalue weighted by Gasteiger charge is 2.64. The molecule has 0 aromatic rings. The fourth-order valence-electron chi connectivity index (χ4n) is 9.08. The van der Waals surface area contributed by atoms with Gasteiger partial charge in [0.25, 0.3) is 0 Å². The van der Waals surface area contributed by atoms with Gasteiger partial charge in [0, 0.05) is 11.8 Å². The second-order valence-corrected chi connectivity index (χ2v) is 17.2. The predicted molar refractivity (Wildman–Crippen MR) is 173 cm³/mol. The molecule has 1 N–H and O–H groups in total. The van der Waals surface area contributed by atoms with Crippen LogP contribution < -0.4 is 0 Å². The minimum Gasteiger partial charge on any atom is -0.462 e. The standard InChI is InChI=1S/C37H56F4O9/c1-9-33(7,31(45)50-35(10-2)13-11-12-14-35)20-34(8,30(44)49-26-22-16-24-25(17-22)28(42)48-27(24)26)19-32(5,6)29(43)47-23(15-21(3)4)18-36(38,46)37(39,40)41/h21-27,46H,9-20H2,1-8H3. The summed E-state index contributed by atoms with van der Waals surface area (Å²) in [5.74, 6) is -7.70. The Balaban J connectivity index is 1.62. The summed E-state index contributed by atoms with van der Waals surface area (Å²) in [6.45, 7) is 13.3. The van der Waals surface area contributed by atoms with Crippen LogP contribution in [-0.4, -0.2) is 64.9 Å². The van der Waals surface area contributed by atoms with Crippen LogP contribution in [0.25, 0.3) is 0 Å². The topological polar surface area (TPSA) is 125 Å². The van der Waals surface area contributed by atoms with Crippen LogP contribution in [0.1, 0.15) is 132 Å². The van der Waals surface area contributed by atoms with Gasteiger partial charge in [-0.3, -0.25) is 19.2 Å². The van der Waals surface area contributed by atoms with Crippen LogP contribution in [0.2, 0.25) is 0 Å². The lowest BCUT2D eigenvalue weighted by molar-refractivity contribution is -0.323. The number of fused-ring (bicyclic) bond motifs is 1. The first-order valence-corrected chi connectivity index (χ1v) is 18.3. The minimum atomic E-state index is -5.60. The molecule has 9 nitrogen and oxygen atoms in total. The van der Waals surface area contributed by atoms with E-state index in [0.717, 1.165) is 25.7 Å². The van der Waals surface area contributed by atoms with E-state index in [0.29, 0.717) is 25.7 Å². The maximum atomic E-state index is 14.4. The second kappa shape index (κ2) is 14.2. The Hall–Kier alpha value is -2.44. The van der Waals surface area contributed by atoms with Gasteiger partial charge in [0.2, 0.25) is 0 Å². The van der Waals surface area contributed by atoms with E-state index in [9.17, 15) is 41.8 Å². The van der Waals surface area contributed by atoms with Crippen molar-refractivity contribution < 1.29 is 60.8 Å². The molecular weight excluding hydrogens is 664 g/mol. The van der Waals surface area contributed by atoms with E-state index in [4.69, 9.17) is 18.9 Å². The van der Waals surface area contributed by atoms with Crippen molar-refractivity contribution in [3.8, 4) is 0 Å². The van der Waals surface area contributed by atoms with Gasteiger partial charge in [-0.1, -0.05) is 27.7 Å². The van der Waals surface area contributed by atoms with Crippen LogP contribution in [0, 0.1) is 39.9 Å². The average Bonchev–Trinajstić information content (AvgIpc) is 3.75. The van der Waals surface area contributed by atoms with Crippen molar-refractivity contribution in [3.63, 3.8) is 0 Å². The first kappa shape index (κ1) is 40.3. The normalized spacial score (nSPS) is 29.9. The van der Waals surface area contributed by atoms with Gasteiger partial charge in [0.15, 0.2) is 0 Å². The molecule has 0 radical (unpaired) electrons. The fraction of sp³-hybridized carbons (Fsp3) is 0.892. The Morgan fingerprint density at radius 3 is 2.10 bits per heavy atom. The number of rotatable bonds is 16. The molecule has 3 aliphatic carbocycles. The molecule has 0 spiro atoms. The third kappa shape index (κ3) is 8.12. The Labute approximate surface area is 292 Å². The number of carbonyl (C=O) groups is 4. The van der Waals surface area contributed by atoms with Crippen LogP contribution in [0.4, 0.5) is 17.6 Å². The van der Waals surface area contributed by atoms with Gasteiger partial charge >= 0.3 is 35.9 Å². The molecule has 50 heavy (non-hydrogen) atoms. The van der Waals surface area contributed by atoms with Gasteiger partial charge in [0.05, 0.1) is 28.6 Å². The van der Waals surface area contributed by atoms with E-state index in [1.54, 1.807) is 27.7 Å². The highest BCUT2D eigenvalue weighted by Crippen LogP contribution is 2.56. The van der Waals surface area contributed by atoms with E-state index in [1.807, 2.05) is 13.8 Å². The summed E-state index contributed by atoms with van der Waals surface area (Å²) in [6.07, 6.45) is -5.01. The number of ether oxygens (including phenoxy) is 4. The third-order valence-corrected chi connectivity index (χ3v) is 12.0. The maximum Gasteiger partial charge on any atom is 0.448 e. The zero-order valence-corrected chi connectivity index (χ0v) is 30.8. The number of hydrogen-bond acceptors (Lipinski definition) is 9. The van der Waals surface area contributed by atoms with E-state index in [1.165, 1.54) is 13.8 Å². The van der Waals surface area contributed by atoms with E-state index >= 15 is 0 Å². The van der Waals surface area contributed by atoms with E-state index in [-0.39, 0.29) is 48.9 Å². The van der Waals surface area contributed by atoms with Crippen molar-refractivity contribution in [2.75, 3.05) is 0 Å². The van der Waals surface area contributed by atoms with Crippen LogP contribution in [0.3, 0.4) is 0 Å². The van der Waals surface area contributed by atoms with Crippen molar-refractivity contribution in [3.05, 3.63) is 0 Å². The third-order valence-electron chi connectivity index (χ3n) is 12.0. The number of aliphatic hydroxyl groups is 1. The zero-order chi connectivity index (χ0) is 37.7. The highest BCUT2D eigenvalue weighted by atomic mass is 19.4. The zero-order valence-electron chi connectivity index (χ0n) is 30.8. The van der Waals surface area contributed by atoms with Crippen LogP contribution in [-0.2, 0) is 38.1 Å². The van der Waals surface area contributed by atoms with Gasteiger partial charge in [-0.15, -0.1) is 0 Å². The molecule has 1 aliphatic heterocycles. The summed E-state index contributed by atoms with van der Waals surface area (Å²) >= 11 is 0. The molecule has 0 aromatic carbocycles. The molecule has 286 valence electrons. The van der Waals surface area contributed by atoms with Crippen LogP contribution in [0.5, 0.6) is 0 Å². The van der Waals surface area contributed by atoms with Crippen LogP contribution in [0.15, 0.2) is 0 Å². The number of carbonyl (C=O) groups excluding carboxylic acids is 4. The average molecular weight is 721 g/mol. The Morgan fingerprint density at radius 2 is 1.56 bits per heavy atom. The van der Waals surface area contributed by atoms with Crippen molar-refractivity contribution >= 4 is 23.9 Å². The monoisotopic (exact) mass is 720 g/mol. The SMILES string of the molecule is CCC1(OC(=O)C(C)(CC)CC(C)(CC(C)(C)C(=O)OC(CC(C)C)CC(O)(F)C(F)(F)F)C(=O)OC2C3CC4C(=O)OC2C4C3)CCCC1. The molecule has 1 heterocycles. The summed E-state index contributed by atoms with van der Waals surface area (Å²) in [7, 11) is 0. The van der Waals surface area contributed by atoms with E-state index < -0.39 is 76.5 Å². The van der Waals surface area contributed by atoms with Crippen molar-refractivity contribution in [1.29, 1.82) is 0 Å². The van der Waals surface area contributed by atoms with Crippen molar-refractivity contribution in [2.24, 2.45) is 39.9 Å². The number of esters is 4. The van der Waals surface area contributed by atoms with Gasteiger partial charge < -0.3 is 24.1 Å². The van der Waals surface area contributed by atoms with Crippen LogP contribution >= 0.6 is 0 Å². The number of alkyl halides is 4. The quantitative estimate of drug-likeness (QED) is 0.0978. The van der Waals surface area contributed by atoms with Gasteiger partial charge in [-0.05, 0) is 104 Å². The Bertz CT molecular complexity index is 1290. The lowest BCUT2D eigenvalue weighted by Crippen LogP contribution is -2.48. The summed E-state index contributed by atoms with van der Waals surface area (Å²) in [5.41, 5.74) is -4.88. The molecule has 0 aromatic heterocycles. The molecule has 4 rings (SSSR count). The molecule has 9 atom stereocenters. The van der Waals surface area contributed by atoms with Gasteiger partial charge in [-0.2, -0.15) is 13.2 Å². The molecule has 3 saturated carbocycles. The van der Waals surface area contributed by atoms with Crippen molar-refractivity contribution in [1.82, 2.24) is 0 Å². The lowest BCUT2D eigenvalue weighted by Gasteiger charge is -2.42. The maximum absolute atomic E-state index is 14.4. The summed E-state index contributed by atoms with van der Waals surface area (Å²) in [5, 5.41) is 9.58. The van der Waals surface area contributed by atoms with E-state index in [2.05, 4.69) is 0 Å². The minimum absolute atomic E-state index is 0.0424. The Morgan fingerprint density at radius 1 is 0.940 bits per heavy atom. The Kier molecular flexibility index (Phi) is 11.4. The fourth-order valence-corrected chi connectivity index (χ4v) is 9.08. The molecule has 2 bridgehead atoms. The molecule has 13 heteroatoms. The summed E-state index contributed by atoms with van der Waals surface area (Å²) in [6, 6.07) is 0. The molecule has 1 saturated heterocycles. The van der Waals surface area contributed by atoms with Gasteiger partial charge in [0.1, 0.15) is 23.9 Å². The summed E-state index contributed by atoms with van der Waals surface area (Å²) < 4.78 is 77.6. The predicted octanol–water partition coefficient (Wildman–Crippen LogP) is 7.54. The highest BCUT2D eigenvalue weighted by molar-refractivity contribution is 5.83. The lowest BCUT2D eigenvalue weighted by atomic mass is 9.65. The molecular formula is C37H56F4O9. The molecule has 4 aliphatic rings. The molecule has 4 fully saturated rings. The van der Waals surface area contributed by atoms with Crippen molar-refractivity contribution in [2.45, 2.75) is 168 Å². The smallest absolute Gasteiger partial charge is 0.448 e. The first-order chi connectivity index (χ1) is 22.9. The summed E-state index contributed by atoms with van der Waals surface area (Å²) in [4.78, 5) is 54.6.